The van der Waals surface area contributed by atoms with Crippen molar-refractivity contribution in [2.24, 2.45) is 0 Å². The summed E-state index contributed by atoms with van der Waals surface area (Å²) >= 11 is 11.9. The molecule has 3 nitrogen and oxygen atoms in total. The number of aromatic nitrogens is 2. The Hall–Kier alpha value is -1.16. The topological polar surface area (TPSA) is 37.8 Å². The fourth-order valence-electron chi connectivity index (χ4n) is 1.94. The quantitative estimate of drug-likeness (QED) is 0.936. The first-order chi connectivity index (χ1) is 9.02. The van der Waals surface area contributed by atoms with E-state index in [-0.39, 0.29) is 0 Å². The second-order valence-electron chi connectivity index (χ2n) is 4.36. The van der Waals surface area contributed by atoms with Gasteiger partial charge in [0.1, 0.15) is 0 Å². The minimum Gasteiger partial charge on any atom is -0.316 e. The van der Waals surface area contributed by atoms with Crippen LogP contribution in [0, 0.1) is 13.8 Å². The average molecular weight is 296 g/mol. The van der Waals surface area contributed by atoms with Gasteiger partial charge in [0.15, 0.2) is 5.82 Å². The Morgan fingerprint density at radius 2 is 1.68 bits per heavy atom. The van der Waals surface area contributed by atoms with E-state index in [0.717, 1.165) is 29.1 Å². The number of nitrogens with zero attached hydrogens (tertiary/aromatic N) is 2. The van der Waals surface area contributed by atoms with E-state index >= 15 is 0 Å². The van der Waals surface area contributed by atoms with Crippen LogP contribution in [0.1, 0.15) is 17.0 Å². The molecule has 0 saturated carbocycles. The third kappa shape index (κ3) is 3.06. The van der Waals surface area contributed by atoms with Crippen molar-refractivity contribution in [3.05, 3.63) is 45.2 Å². The fraction of sp³-hybridized carbons (Fsp3) is 0.286. The van der Waals surface area contributed by atoms with Crippen LogP contribution < -0.4 is 5.32 Å². The summed E-state index contributed by atoms with van der Waals surface area (Å²) in [6.07, 6.45) is 0. The van der Waals surface area contributed by atoms with Crippen LogP contribution in [0.4, 0.5) is 0 Å². The molecule has 100 valence electrons. The molecule has 0 aliphatic heterocycles. The van der Waals surface area contributed by atoms with Crippen molar-refractivity contribution in [1.29, 1.82) is 0 Å². The second kappa shape index (κ2) is 5.87. The van der Waals surface area contributed by atoms with Crippen molar-refractivity contribution < 1.29 is 0 Å². The van der Waals surface area contributed by atoms with Gasteiger partial charge in [-0.3, -0.25) is 0 Å². The molecule has 1 aromatic carbocycles. The molecule has 1 aromatic heterocycles. The lowest BCUT2D eigenvalue weighted by molar-refractivity contribution is 0.787. The van der Waals surface area contributed by atoms with Crippen molar-refractivity contribution in [1.82, 2.24) is 15.3 Å². The molecule has 0 bridgehead atoms. The maximum absolute atomic E-state index is 6.03. The Bertz CT molecular complexity index is 589. The van der Waals surface area contributed by atoms with E-state index in [1.165, 1.54) is 0 Å². The molecule has 0 fully saturated rings. The van der Waals surface area contributed by atoms with Gasteiger partial charge in [0.2, 0.25) is 0 Å². The van der Waals surface area contributed by atoms with Crippen LogP contribution in [0.15, 0.2) is 18.2 Å². The minimum atomic E-state index is 0.511. The third-order valence-corrected chi connectivity index (χ3v) is 3.69. The maximum atomic E-state index is 6.03. The molecule has 0 aliphatic carbocycles. The summed E-state index contributed by atoms with van der Waals surface area (Å²) in [5.41, 5.74) is 3.95. The zero-order valence-corrected chi connectivity index (χ0v) is 12.6. The number of rotatable bonds is 3. The number of nitrogens with one attached hydrogen (secondary N) is 1. The highest BCUT2D eigenvalue weighted by atomic mass is 35.5. The molecule has 0 aliphatic rings. The van der Waals surface area contributed by atoms with Crippen LogP contribution in [-0.2, 0) is 6.54 Å². The van der Waals surface area contributed by atoms with Crippen LogP contribution in [-0.4, -0.2) is 17.0 Å². The number of benzene rings is 1. The fourth-order valence-corrected chi connectivity index (χ4v) is 2.23. The second-order valence-corrected chi connectivity index (χ2v) is 5.17. The summed E-state index contributed by atoms with van der Waals surface area (Å²) in [6.45, 7) is 4.74. The van der Waals surface area contributed by atoms with E-state index in [1.807, 2.05) is 27.0 Å². The van der Waals surface area contributed by atoms with Gasteiger partial charge < -0.3 is 5.32 Å². The molecule has 0 spiro atoms. The summed E-state index contributed by atoms with van der Waals surface area (Å²) < 4.78 is 0. The van der Waals surface area contributed by atoms with Gasteiger partial charge in [-0.05, 0) is 39.1 Å². The van der Waals surface area contributed by atoms with Crippen molar-refractivity contribution in [3.63, 3.8) is 0 Å². The first-order valence-electron chi connectivity index (χ1n) is 5.97. The van der Waals surface area contributed by atoms with Crippen molar-refractivity contribution in [3.8, 4) is 11.4 Å². The molecule has 0 unspecified atom stereocenters. The Kier molecular flexibility index (Phi) is 4.40. The Labute approximate surface area is 123 Å². The smallest absolute Gasteiger partial charge is 0.159 e. The van der Waals surface area contributed by atoms with E-state index in [0.29, 0.717) is 15.9 Å². The molecule has 19 heavy (non-hydrogen) atoms. The van der Waals surface area contributed by atoms with Crippen LogP contribution in [0.3, 0.4) is 0 Å². The van der Waals surface area contributed by atoms with Crippen molar-refractivity contribution >= 4 is 23.2 Å². The molecular formula is C14H15Cl2N3. The van der Waals surface area contributed by atoms with E-state index in [9.17, 15) is 0 Å². The van der Waals surface area contributed by atoms with E-state index in [2.05, 4.69) is 15.3 Å². The molecule has 2 rings (SSSR count). The lowest BCUT2D eigenvalue weighted by atomic mass is 10.1. The van der Waals surface area contributed by atoms with Crippen molar-refractivity contribution in [2.75, 3.05) is 7.05 Å². The van der Waals surface area contributed by atoms with Gasteiger partial charge in [0, 0.05) is 29.1 Å². The van der Waals surface area contributed by atoms with Gasteiger partial charge in [-0.1, -0.05) is 23.2 Å². The zero-order valence-electron chi connectivity index (χ0n) is 11.1. The highest BCUT2D eigenvalue weighted by Gasteiger charge is 2.10. The molecule has 1 N–H and O–H groups in total. The monoisotopic (exact) mass is 295 g/mol. The lowest BCUT2D eigenvalue weighted by Crippen LogP contribution is -2.11. The molecule has 1 heterocycles. The van der Waals surface area contributed by atoms with Gasteiger partial charge in [-0.15, -0.1) is 0 Å². The molecule has 0 saturated heterocycles. The minimum absolute atomic E-state index is 0.511. The molecule has 0 amide bonds. The molecule has 2 aromatic rings. The summed E-state index contributed by atoms with van der Waals surface area (Å²) in [4.78, 5) is 9.08. The lowest BCUT2D eigenvalue weighted by Gasteiger charge is -2.10. The van der Waals surface area contributed by atoms with Crippen molar-refractivity contribution in [2.45, 2.75) is 20.4 Å². The Morgan fingerprint density at radius 1 is 1.05 bits per heavy atom. The summed E-state index contributed by atoms with van der Waals surface area (Å²) in [6, 6.07) is 5.42. The number of aryl methyl sites for hydroxylation is 2. The highest BCUT2D eigenvalue weighted by Crippen LogP contribution is 2.27. The predicted octanol–water partition coefficient (Wildman–Crippen LogP) is 3.79. The largest absolute Gasteiger partial charge is 0.316 e. The number of hydrogen-bond acceptors (Lipinski definition) is 3. The summed E-state index contributed by atoms with van der Waals surface area (Å²) in [5, 5.41) is 4.17. The van der Waals surface area contributed by atoms with E-state index in [1.54, 1.807) is 12.1 Å². The van der Waals surface area contributed by atoms with Crippen LogP contribution in [0.2, 0.25) is 10.0 Å². The number of hydrogen-bond donors (Lipinski definition) is 1. The normalized spacial score (nSPS) is 10.8. The van der Waals surface area contributed by atoms with Gasteiger partial charge in [0.05, 0.1) is 10.0 Å². The molecule has 0 radical (unpaired) electrons. The van der Waals surface area contributed by atoms with E-state index in [4.69, 9.17) is 23.2 Å². The molecular weight excluding hydrogens is 281 g/mol. The van der Waals surface area contributed by atoms with Gasteiger partial charge in [0.25, 0.3) is 0 Å². The zero-order chi connectivity index (χ0) is 14.0. The Balaban J connectivity index is 2.48. The van der Waals surface area contributed by atoms with Gasteiger partial charge in [-0.2, -0.15) is 0 Å². The first kappa shape index (κ1) is 14.3. The van der Waals surface area contributed by atoms with Crippen LogP contribution in [0.5, 0.6) is 0 Å². The van der Waals surface area contributed by atoms with Gasteiger partial charge >= 0.3 is 0 Å². The predicted molar refractivity (Wildman–Crippen MR) is 79.7 cm³/mol. The molecule has 0 atom stereocenters. The maximum Gasteiger partial charge on any atom is 0.159 e. The first-order valence-corrected chi connectivity index (χ1v) is 6.72. The highest BCUT2D eigenvalue weighted by molar-refractivity contribution is 6.42. The summed E-state index contributed by atoms with van der Waals surface area (Å²) in [7, 11) is 1.91. The van der Waals surface area contributed by atoms with Crippen LogP contribution >= 0.6 is 23.2 Å². The summed E-state index contributed by atoms with van der Waals surface area (Å²) in [5.74, 6) is 0.674. The van der Waals surface area contributed by atoms with Gasteiger partial charge in [-0.25, -0.2) is 9.97 Å². The SMILES string of the molecule is CNCc1c(C)nc(-c2ccc(Cl)c(Cl)c2)nc1C. The Morgan fingerprint density at radius 3 is 2.21 bits per heavy atom. The average Bonchev–Trinajstić information content (AvgIpc) is 2.37. The number of halogens is 2. The van der Waals surface area contributed by atoms with E-state index < -0.39 is 0 Å². The standard InChI is InChI=1S/C14H15Cl2N3/c1-8-11(7-17-3)9(2)19-14(18-8)10-4-5-12(15)13(16)6-10/h4-6,17H,7H2,1-3H3. The van der Waals surface area contributed by atoms with Crippen LogP contribution in [0.25, 0.3) is 11.4 Å². The third-order valence-electron chi connectivity index (χ3n) is 2.95. The molecule has 5 heteroatoms.